The third-order valence-electron chi connectivity index (χ3n) is 4.36. The average molecular weight is 326 g/mol. The van der Waals surface area contributed by atoms with Crippen molar-refractivity contribution in [2.24, 2.45) is 0 Å². The number of aromatic nitrogens is 4. The molecular weight excluding hydrogens is 308 g/mol. The third-order valence-corrected chi connectivity index (χ3v) is 4.36. The highest BCUT2D eigenvalue weighted by molar-refractivity contribution is 5.85. The van der Waals surface area contributed by atoms with Crippen LogP contribution in [0.4, 0.5) is 11.6 Å². The Morgan fingerprint density at radius 2 is 2.29 bits per heavy atom. The summed E-state index contributed by atoms with van der Waals surface area (Å²) < 4.78 is 5.48. The molecule has 1 saturated heterocycles. The number of anilines is 2. The van der Waals surface area contributed by atoms with E-state index in [1.54, 1.807) is 18.5 Å². The van der Waals surface area contributed by atoms with Crippen molar-refractivity contribution in [1.82, 2.24) is 20.4 Å². The van der Waals surface area contributed by atoms with Gasteiger partial charge < -0.3 is 14.6 Å². The SMILES string of the molecule is O=c1ccc(N2CCCCC2CNc2nncc3ccoc23)n[nH]1. The molecule has 0 amide bonds. The maximum atomic E-state index is 11.2. The molecule has 0 saturated carbocycles. The fraction of sp³-hybridized carbons (Fsp3) is 0.375. The second-order valence-electron chi connectivity index (χ2n) is 5.90. The second-order valence-corrected chi connectivity index (χ2v) is 5.90. The summed E-state index contributed by atoms with van der Waals surface area (Å²) >= 11 is 0. The lowest BCUT2D eigenvalue weighted by Gasteiger charge is -2.36. The third kappa shape index (κ3) is 2.82. The van der Waals surface area contributed by atoms with Crippen LogP contribution in [0.25, 0.3) is 11.0 Å². The minimum absolute atomic E-state index is 0.190. The molecule has 0 radical (unpaired) electrons. The molecule has 8 nitrogen and oxygen atoms in total. The van der Waals surface area contributed by atoms with Gasteiger partial charge in [-0.2, -0.15) is 10.2 Å². The van der Waals surface area contributed by atoms with Gasteiger partial charge in [-0.25, -0.2) is 5.10 Å². The largest absolute Gasteiger partial charge is 0.460 e. The second kappa shape index (κ2) is 6.31. The van der Waals surface area contributed by atoms with Crippen LogP contribution in [0.2, 0.25) is 0 Å². The molecule has 1 atom stereocenters. The predicted octanol–water partition coefficient (Wildman–Crippen LogP) is 1.78. The van der Waals surface area contributed by atoms with Gasteiger partial charge in [-0.15, -0.1) is 5.10 Å². The van der Waals surface area contributed by atoms with Crippen molar-refractivity contribution < 1.29 is 4.42 Å². The summed E-state index contributed by atoms with van der Waals surface area (Å²) in [5.41, 5.74) is 0.528. The minimum atomic E-state index is -0.190. The maximum absolute atomic E-state index is 11.2. The molecule has 0 aliphatic carbocycles. The van der Waals surface area contributed by atoms with Crippen LogP contribution in [-0.4, -0.2) is 39.5 Å². The van der Waals surface area contributed by atoms with E-state index in [4.69, 9.17) is 4.42 Å². The molecule has 3 aromatic rings. The summed E-state index contributed by atoms with van der Waals surface area (Å²) in [6.45, 7) is 1.62. The van der Waals surface area contributed by atoms with Crippen molar-refractivity contribution in [3.8, 4) is 0 Å². The molecule has 8 heteroatoms. The Morgan fingerprint density at radius 3 is 3.17 bits per heavy atom. The Hall–Kier alpha value is -2.90. The molecule has 0 spiro atoms. The van der Waals surface area contributed by atoms with E-state index in [2.05, 4.69) is 30.6 Å². The van der Waals surface area contributed by atoms with Gasteiger partial charge in [-0.1, -0.05) is 0 Å². The summed E-state index contributed by atoms with van der Waals surface area (Å²) in [5.74, 6) is 1.45. The van der Waals surface area contributed by atoms with E-state index in [0.717, 1.165) is 36.2 Å². The smallest absolute Gasteiger partial charge is 0.264 e. The molecule has 4 heterocycles. The summed E-state index contributed by atoms with van der Waals surface area (Å²) in [4.78, 5) is 13.4. The van der Waals surface area contributed by atoms with Crippen LogP contribution < -0.4 is 15.8 Å². The summed E-state index contributed by atoms with van der Waals surface area (Å²) in [5, 5.41) is 19.1. The fourth-order valence-corrected chi connectivity index (χ4v) is 3.15. The van der Waals surface area contributed by atoms with Gasteiger partial charge in [0.15, 0.2) is 11.4 Å². The number of furan rings is 1. The first-order valence-electron chi connectivity index (χ1n) is 8.06. The van der Waals surface area contributed by atoms with Crippen LogP contribution in [0.15, 0.2) is 39.9 Å². The van der Waals surface area contributed by atoms with Gasteiger partial charge in [0.2, 0.25) is 0 Å². The van der Waals surface area contributed by atoms with Crippen LogP contribution in [0.5, 0.6) is 0 Å². The lowest BCUT2D eigenvalue weighted by atomic mass is 10.0. The molecule has 0 bridgehead atoms. The Kier molecular flexibility index (Phi) is 3.86. The van der Waals surface area contributed by atoms with Crippen molar-refractivity contribution in [1.29, 1.82) is 0 Å². The van der Waals surface area contributed by atoms with Crippen LogP contribution in [0, 0.1) is 0 Å². The van der Waals surface area contributed by atoms with Crippen molar-refractivity contribution in [2.75, 3.05) is 23.3 Å². The number of hydrogen-bond donors (Lipinski definition) is 2. The van der Waals surface area contributed by atoms with Crippen molar-refractivity contribution in [3.63, 3.8) is 0 Å². The lowest BCUT2D eigenvalue weighted by molar-refractivity contribution is 0.467. The van der Waals surface area contributed by atoms with E-state index in [9.17, 15) is 4.79 Å². The van der Waals surface area contributed by atoms with Crippen LogP contribution >= 0.6 is 0 Å². The number of H-pyrrole nitrogens is 1. The van der Waals surface area contributed by atoms with Gasteiger partial charge in [0.05, 0.1) is 12.5 Å². The molecule has 3 aromatic heterocycles. The van der Waals surface area contributed by atoms with Crippen LogP contribution in [-0.2, 0) is 0 Å². The van der Waals surface area contributed by atoms with E-state index in [0.29, 0.717) is 12.4 Å². The van der Waals surface area contributed by atoms with Gasteiger partial charge in [0.25, 0.3) is 5.56 Å². The molecule has 1 aliphatic rings. The summed E-state index contributed by atoms with van der Waals surface area (Å²) in [7, 11) is 0. The highest BCUT2D eigenvalue weighted by Gasteiger charge is 2.24. The standard InChI is InChI=1S/C16H18N6O2/c23-14-5-4-13(19-20-14)22-7-2-1-3-12(22)10-17-16-15-11(6-8-24-15)9-18-21-16/h4-6,8-9,12H,1-3,7,10H2,(H,17,21)(H,20,23). The first-order valence-corrected chi connectivity index (χ1v) is 8.06. The van der Waals surface area contributed by atoms with Gasteiger partial charge in [-0.05, 0) is 31.4 Å². The first kappa shape index (κ1) is 14.7. The number of aromatic amines is 1. The number of hydrogen-bond acceptors (Lipinski definition) is 7. The Labute approximate surface area is 137 Å². The topological polar surface area (TPSA) is 99.9 Å². The zero-order chi connectivity index (χ0) is 16.4. The summed E-state index contributed by atoms with van der Waals surface area (Å²) in [6.07, 6.45) is 6.65. The number of rotatable bonds is 4. The lowest BCUT2D eigenvalue weighted by Crippen LogP contribution is -2.44. The number of nitrogens with zero attached hydrogens (tertiary/aromatic N) is 4. The monoisotopic (exact) mass is 326 g/mol. The molecule has 0 aromatic carbocycles. The fourth-order valence-electron chi connectivity index (χ4n) is 3.15. The molecule has 1 aliphatic heterocycles. The first-order chi connectivity index (χ1) is 11.8. The molecule has 1 unspecified atom stereocenters. The number of nitrogens with one attached hydrogen (secondary N) is 2. The van der Waals surface area contributed by atoms with Gasteiger partial charge in [0, 0.05) is 30.6 Å². The number of piperidine rings is 1. The van der Waals surface area contributed by atoms with Crippen molar-refractivity contribution in [2.45, 2.75) is 25.3 Å². The van der Waals surface area contributed by atoms with E-state index in [-0.39, 0.29) is 11.6 Å². The highest BCUT2D eigenvalue weighted by Crippen LogP contribution is 2.24. The van der Waals surface area contributed by atoms with Gasteiger partial charge in [0.1, 0.15) is 5.82 Å². The Bertz CT molecular complexity index is 869. The summed E-state index contributed by atoms with van der Waals surface area (Å²) in [6, 6.07) is 5.41. The van der Waals surface area contributed by atoms with Crippen molar-refractivity contribution in [3.05, 3.63) is 41.0 Å². The normalized spacial score (nSPS) is 18.0. The van der Waals surface area contributed by atoms with E-state index in [1.165, 1.54) is 12.5 Å². The Balaban J connectivity index is 1.52. The molecule has 24 heavy (non-hydrogen) atoms. The van der Waals surface area contributed by atoms with Gasteiger partial charge >= 0.3 is 0 Å². The Morgan fingerprint density at radius 1 is 1.33 bits per heavy atom. The van der Waals surface area contributed by atoms with Crippen molar-refractivity contribution >= 4 is 22.6 Å². The molecular formula is C16H18N6O2. The number of fused-ring (bicyclic) bond motifs is 1. The average Bonchev–Trinajstić information content (AvgIpc) is 3.10. The zero-order valence-corrected chi connectivity index (χ0v) is 13.1. The molecule has 1 fully saturated rings. The van der Waals surface area contributed by atoms with Gasteiger partial charge in [-0.3, -0.25) is 4.79 Å². The molecule has 4 rings (SSSR count). The zero-order valence-electron chi connectivity index (χ0n) is 13.1. The van der Waals surface area contributed by atoms with Crippen LogP contribution in [0.1, 0.15) is 19.3 Å². The predicted molar refractivity (Wildman–Crippen MR) is 90.1 cm³/mol. The molecule has 124 valence electrons. The quantitative estimate of drug-likeness (QED) is 0.753. The van der Waals surface area contributed by atoms with E-state index in [1.807, 2.05) is 6.07 Å². The maximum Gasteiger partial charge on any atom is 0.264 e. The minimum Gasteiger partial charge on any atom is -0.460 e. The highest BCUT2D eigenvalue weighted by atomic mass is 16.3. The van der Waals surface area contributed by atoms with E-state index < -0.39 is 0 Å². The van der Waals surface area contributed by atoms with Crippen LogP contribution in [0.3, 0.4) is 0 Å². The van der Waals surface area contributed by atoms with E-state index >= 15 is 0 Å². The molecule has 2 N–H and O–H groups in total.